The van der Waals surface area contributed by atoms with Gasteiger partial charge in [0.25, 0.3) is 0 Å². The maximum Gasteiger partial charge on any atom is 0.195 e. The second-order valence-electron chi connectivity index (χ2n) is 4.97. The summed E-state index contributed by atoms with van der Waals surface area (Å²) in [6.07, 6.45) is 2.36. The van der Waals surface area contributed by atoms with Crippen LogP contribution in [0.4, 0.5) is 0 Å². The van der Waals surface area contributed by atoms with Gasteiger partial charge in [0.2, 0.25) is 0 Å². The molecule has 1 unspecified atom stereocenters. The van der Waals surface area contributed by atoms with Crippen molar-refractivity contribution < 1.29 is 8.42 Å². The summed E-state index contributed by atoms with van der Waals surface area (Å²) in [5, 5.41) is 8.89. The summed E-state index contributed by atoms with van der Waals surface area (Å²) >= 11 is 1.50. The molecule has 0 saturated carbocycles. The number of aromatic nitrogens is 3. The van der Waals surface area contributed by atoms with E-state index >= 15 is 0 Å². The van der Waals surface area contributed by atoms with Gasteiger partial charge in [0.05, 0.1) is 11.5 Å². The highest BCUT2D eigenvalue weighted by Crippen LogP contribution is 2.30. The van der Waals surface area contributed by atoms with Crippen LogP contribution in [0.2, 0.25) is 0 Å². The minimum Gasteiger partial charge on any atom is -0.277 e. The lowest BCUT2D eigenvalue weighted by Crippen LogP contribution is -2.07. The molecule has 1 aliphatic rings. The van der Waals surface area contributed by atoms with E-state index in [9.17, 15) is 8.42 Å². The Kier molecular flexibility index (Phi) is 3.55. The summed E-state index contributed by atoms with van der Waals surface area (Å²) < 4.78 is 24.9. The topological polar surface area (TPSA) is 64.8 Å². The molecule has 0 bridgehead atoms. The lowest BCUT2D eigenvalue weighted by molar-refractivity contribution is 0.602. The van der Waals surface area contributed by atoms with Crippen molar-refractivity contribution in [3.05, 3.63) is 36.2 Å². The average Bonchev–Trinajstić information content (AvgIpc) is 2.96. The predicted molar refractivity (Wildman–Crippen MR) is 79.0 cm³/mol. The van der Waals surface area contributed by atoms with Crippen LogP contribution in [0, 0.1) is 6.92 Å². The molecular weight excluding hydrogens is 294 g/mol. The highest BCUT2D eigenvalue weighted by Gasteiger charge is 2.29. The number of thioether (sulfide) groups is 1. The van der Waals surface area contributed by atoms with Crippen LogP contribution in [0.3, 0.4) is 0 Å². The quantitative estimate of drug-likeness (QED) is 0.866. The van der Waals surface area contributed by atoms with Crippen molar-refractivity contribution in [2.75, 3.05) is 11.5 Å². The van der Waals surface area contributed by atoms with Gasteiger partial charge in [-0.3, -0.25) is 4.57 Å². The van der Waals surface area contributed by atoms with Gasteiger partial charge in [0.1, 0.15) is 6.33 Å². The maximum absolute atomic E-state index is 11.5. The lowest BCUT2D eigenvalue weighted by Gasteiger charge is -2.09. The van der Waals surface area contributed by atoms with Gasteiger partial charge in [0, 0.05) is 10.9 Å². The smallest absolute Gasteiger partial charge is 0.195 e. The van der Waals surface area contributed by atoms with E-state index in [-0.39, 0.29) is 16.8 Å². The Hall–Kier alpha value is -1.34. The minimum absolute atomic E-state index is 0.0766. The van der Waals surface area contributed by atoms with Crippen LogP contribution < -0.4 is 0 Å². The van der Waals surface area contributed by atoms with Gasteiger partial charge in [0.15, 0.2) is 15.0 Å². The molecule has 0 N–H and O–H groups in total. The van der Waals surface area contributed by atoms with E-state index in [2.05, 4.69) is 16.3 Å². The molecule has 20 heavy (non-hydrogen) atoms. The minimum atomic E-state index is -2.86. The van der Waals surface area contributed by atoms with Crippen LogP contribution in [0.5, 0.6) is 0 Å². The molecule has 1 aromatic heterocycles. The molecule has 2 heterocycles. The van der Waals surface area contributed by atoms with Crippen molar-refractivity contribution in [3.63, 3.8) is 0 Å². The number of benzene rings is 1. The normalized spacial score (nSPS) is 21.1. The Morgan fingerprint density at radius 2 is 2.25 bits per heavy atom. The van der Waals surface area contributed by atoms with Crippen molar-refractivity contribution in [2.45, 2.75) is 23.8 Å². The summed E-state index contributed by atoms with van der Waals surface area (Å²) in [5.74, 6) is 0.515. The molecule has 1 aromatic carbocycles. The van der Waals surface area contributed by atoms with E-state index in [1.165, 1.54) is 11.8 Å². The van der Waals surface area contributed by atoms with E-state index in [1.54, 1.807) is 6.33 Å². The van der Waals surface area contributed by atoms with Gasteiger partial charge in [-0.1, -0.05) is 23.9 Å². The molecule has 0 radical (unpaired) electrons. The van der Waals surface area contributed by atoms with Gasteiger partial charge in [-0.2, -0.15) is 0 Å². The van der Waals surface area contributed by atoms with Crippen molar-refractivity contribution in [3.8, 4) is 5.69 Å². The zero-order valence-electron chi connectivity index (χ0n) is 11.1. The number of aryl methyl sites for hydroxylation is 1. The van der Waals surface area contributed by atoms with E-state index in [1.807, 2.05) is 29.7 Å². The van der Waals surface area contributed by atoms with E-state index < -0.39 is 9.84 Å². The zero-order valence-corrected chi connectivity index (χ0v) is 12.7. The molecule has 0 aliphatic carbocycles. The molecule has 106 valence electrons. The summed E-state index contributed by atoms with van der Waals surface area (Å²) in [5.41, 5.74) is 2.16. The SMILES string of the molecule is Cc1cccc(-n2cnnc2SC2CCS(=O)(=O)C2)c1. The van der Waals surface area contributed by atoms with Crippen molar-refractivity contribution >= 4 is 21.6 Å². The fourth-order valence-corrected chi connectivity index (χ4v) is 5.74. The molecular formula is C13H15N3O2S2. The molecule has 0 amide bonds. The van der Waals surface area contributed by atoms with Gasteiger partial charge in [-0.25, -0.2) is 8.42 Å². The Morgan fingerprint density at radius 3 is 2.95 bits per heavy atom. The third-order valence-corrected chi connectivity index (χ3v) is 6.46. The number of rotatable bonds is 3. The Labute approximate surface area is 122 Å². The third kappa shape index (κ3) is 2.88. The first kappa shape index (κ1) is 13.6. The molecule has 2 aromatic rings. The second-order valence-corrected chi connectivity index (χ2v) is 8.46. The molecule has 7 heteroatoms. The fourth-order valence-electron chi connectivity index (χ4n) is 2.26. The number of nitrogens with zero attached hydrogens (tertiary/aromatic N) is 3. The van der Waals surface area contributed by atoms with Gasteiger partial charge in [-0.05, 0) is 31.0 Å². The Bertz CT molecular complexity index is 725. The Morgan fingerprint density at radius 1 is 1.40 bits per heavy atom. The van der Waals surface area contributed by atoms with Gasteiger partial charge >= 0.3 is 0 Å². The highest BCUT2D eigenvalue weighted by atomic mass is 32.2. The summed E-state index contributed by atoms with van der Waals surface area (Å²) in [6, 6.07) is 8.06. The molecule has 5 nitrogen and oxygen atoms in total. The van der Waals surface area contributed by atoms with Crippen molar-refractivity contribution in [1.29, 1.82) is 0 Å². The summed E-state index contributed by atoms with van der Waals surface area (Å²) in [4.78, 5) is 0. The molecule has 1 aliphatic heterocycles. The van der Waals surface area contributed by atoms with Gasteiger partial charge in [-0.15, -0.1) is 10.2 Å². The van der Waals surface area contributed by atoms with Crippen LogP contribution in [0.1, 0.15) is 12.0 Å². The van der Waals surface area contributed by atoms with Crippen molar-refractivity contribution in [2.24, 2.45) is 0 Å². The van der Waals surface area contributed by atoms with Gasteiger partial charge < -0.3 is 0 Å². The van der Waals surface area contributed by atoms with Crippen LogP contribution in [0.15, 0.2) is 35.7 Å². The molecule has 1 fully saturated rings. The number of hydrogen-bond acceptors (Lipinski definition) is 5. The first-order valence-electron chi connectivity index (χ1n) is 6.38. The maximum atomic E-state index is 11.5. The zero-order chi connectivity index (χ0) is 14.2. The third-order valence-electron chi connectivity index (χ3n) is 3.26. The average molecular weight is 309 g/mol. The summed E-state index contributed by atoms with van der Waals surface area (Å²) in [7, 11) is -2.86. The lowest BCUT2D eigenvalue weighted by atomic mass is 10.2. The van der Waals surface area contributed by atoms with Crippen LogP contribution in [-0.4, -0.2) is 39.9 Å². The highest BCUT2D eigenvalue weighted by molar-refractivity contribution is 8.01. The van der Waals surface area contributed by atoms with E-state index in [4.69, 9.17) is 0 Å². The monoisotopic (exact) mass is 309 g/mol. The van der Waals surface area contributed by atoms with E-state index in [0.29, 0.717) is 6.42 Å². The number of sulfone groups is 1. The predicted octanol–water partition coefficient (Wildman–Crippen LogP) is 1.85. The van der Waals surface area contributed by atoms with Crippen LogP contribution in [0.25, 0.3) is 5.69 Å². The fraction of sp³-hybridized carbons (Fsp3) is 0.385. The Balaban J connectivity index is 1.84. The first-order valence-corrected chi connectivity index (χ1v) is 9.08. The first-order chi connectivity index (χ1) is 9.53. The number of hydrogen-bond donors (Lipinski definition) is 0. The van der Waals surface area contributed by atoms with Crippen LogP contribution in [-0.2, 0) is 9.84 Å². The van der Waals surface area contributed by atoms with E-state index in [0.717, 1.165) is 16.4 Å². The standard InChI is InChI=1S/C13H15N3O2S2/c1-10-3-2-4-11(7-10)16-9-14-15-13(16)19-12-5-6-20(17,18)8-12/h2-4,7,9,12H,5-6,8H2,1H3. The van der Waals surface area contributed by atoms with Crippen LogP contribution >= 0.6 is 11.8 Å². The summed E-state index contributed by atoms with van der Waals surface area (Å²) in [6.45, 7) is 2.03. The molecule has 1 atom stereocenters. The second kappa shape index (κ2) is 5.21. The molecule has 1 saturated heterocycles. The molecule has 0 spiro atoms. The van der Waals surface area contributed by atoms with Crippen molar-refractivity contribution in [1.82, 2.24) is 14.8 Å². The molecule has 3 rings (SSSR count). The largest absolute Gasteiger partial charge is 0.277 e.